The number of morpholine rings is 1. The molecule has 1 aliphatic heterocycles. The molecule has 4 rings (SSSR count). The number of benzene rings is 2. The molecule has 10 heteroatoms. The molecule has 178 valence electrons. The van der Waals surface area contributed by atoms with Crippen LogP contribution in [0.2, 0.25) is 0 Å². The van der Waals surface area contributed by atoms with Crippen LogP contribution in [0.15, 0.2) is 52.4 Å². The average molecular weight is 500 g/mol. The highest BCUT2D eigenvalue weighted by atomic mass is 32.2. The summed E-state index contributed by atoms with van der Waals surface area (Å²) in [5.41, 5.74) is 1.05. The first kappa shape index (κ1) is 24.2. The van der Waals surface area contributed by atoms with Gasteiger partial charge in [-0.05, 0) is 50.2 Å². The summed E-state index contributed by atoms with van der Waals surface area (Å²) in [4.78, 5) is 17.8. The molecule has 0 bridgehead atoms. The molecular formula is C24H25N3O5S2. The van der Waals surface area contributed by atoms with Crippen LogP contribution in [0.5, 0.6) is 5.75 Å². The van der Waals surface area contributed by atoms with Crippen molar-refractivity contribution in [3.63, 3.8) is 0 Å². The monoisotopic (exact) mass is 499 g/mol. The number of ether oxygens (including phenoxy) is 2. The van der Waals surface area contributed by atoms with E-state index in [2.05, 4.69) is 10.9 Å². The minimum absolute atomic E-state index is 0.124. The number of thiazole rings is 1. The zero-order valence-corrected chi connectivity index (χ0v) is 20.7. The Labute approximate surface area is 202 Å². The number of rotatable bonds is 5. The van der Waals surface area contributed by atoms with Crippen molar-refractivity contribution in [2.45, 2.75) is 37.5 Å². The summed E-state index contributed by atoms with van der Waals surface area (Å²) in [7, 11) is -2.12. The van der Waals surface area contributed by atoms with Crippen molar-refractivity contribution >= 4 is 37.5 Å². The number of terminal acetylenes is 1. The minimum Gasteiger partial charge on any atom is -0.495 e. The SMILES string of the molecule is C#CCn1c(=NC(=O)c2ccc(S(=O)(=O)N3CC(C)OC(C)C3)cc2)sc2cccc(OC)c21. The van der Waals surface area contributed by atoms with Crippen molar-refractivity contribution in [3.8, 4) is 18.1 Å². The lowest BCUT2D eigenvalue weighted by Crippen LogP contribution is -2.48. The Bertz CT molecular complexity index is 1420. The van der Waals surface area contributed by atoms with Gasteiger partial charge in [-0.3, -0.25) is 4.79 Å². The molecule has 2 aromatic carbocycles. The molecule has 2 heterocycles. The maximum atomic E-state index is 13.1. The summed E-state index contributed by atoms with van der Waals surface area (Å²) in [6.07, 6.45) is 5.17. The lowest BCUT2D eigenvalue weighted by Gasteiger charge is -2.34. The third-order valence-electron chi connectivity index (χ3n) is 5.46. The van der Waals surface area contributed by atoms with Gasteiger partial charge in [0, 0.05) is 18.7 Å². The third kappa shape index (κ3) is 4.65. The van der Waals surface area contributed by atoms with Crippen molar-refractivity contribution in [1.29, 1.82) is 0 Å². The van der Waals surface area contributed by atoms with Gasteiger partial charge in [-0.2, -0.15) is 9.30 Å². The first-order chi connectivity index (χ1) is 16.2. The molecule has 2 unspecified atom stereocenters. The van der Waals surface area contributed by atoms with E-state index < -0.39 is 15.9 Å². The van der Waals surface area contributed by atoms with Crippen molar-refractivity contribution in [2.75, 3.05) is 20.2 Å². The Hall–Kier alpha value is -2.97. The number of hydrogen-bond donors (Lipinski definition) is 0. The van der Waals surface area contributed by atoms with Gasteiger partial charge in [0.05, 0.1) is 35.5 Å². The maximum absolute atomic E-state index is 13.1. The highest BCUT2D eigenvalue weighted by Crippen LogP contribution is 2.27. The third-order valence-corrected chi connectivity index (χ3v) is 8.35. The fourth-order valence-electron chi connectivity index (χ4n) is 3.98. The van der Waals surface area contributed by atoms with E-state index in [0.29, 0.717) is 10.6 Å². The first-order valence-corrected chi connectivity index (χ1v) is 12.9. The molecule has 2 atom stereocenters. The number of amides is 1. The number of carbonyl (C=O) groups is 1. The van der Waals surface area contributed by atoms with E-state index in [-0.39, 0.29) is 42.3 Å². The average Bonchev–Trinajstić information content (AvgIpc) is 3.15. The van der Waals surface area contributed by atoms with Gasteiger partial charge in [0.2, 0.25) is 10.0 Å². The number of sulfonamides is 1. The number of para-hydroxylation sites is 1. The van der Waals surface area contributed by atoms with Gasteiger partial charge >= 0.3 is 0 Å². The fraction of sp³-hybridized carbons (Fsp3) is 0.333. The van der Waals surface area contributed by atoms with Crippen LogP contribution >= 0.6 is 11.3 Å². The predicted octanol–water partition coefficient (Wildman–Crippen LogP) is 2.88. The molecule has 0 N–H and O–H groups in total. The summed E-state index contributed by atoms with van der Waals surface area (Å²) in [6, 6.07) is 11.4. The van der Waals surface area contributed by atoms with E-state index in [4.69, 9.17) is 15.9 Å². The van der Waals surface area contributed by atoms with E-state index >= 15 is 0 Å². The number of methoxy groups -OCH3 is 1. The van der Waals surface area contributed by atoms with E-state index in [1.54, 1.807) is 11.7 Å². The summed E-state index contributed by atoms with van der Waals surface area (Å²) in [5.74, 6) is 2.74. The highest BCUT2D eigenvalue weighted by molar-refractivity contribution is 7.89. The zero-order chi connectivity index (χ0) is 24.5. The van der Waals surface area contributed by atoms with Gasteiger partial charge in [0.25, 0.3) is 5.91 Å². The maximum Gasteiger partial charge on any atom is 0.279 e. The van der Waals surface area contributed by atoms with Crippen LogP contribution in [-0.4, -0.2) is 55.6 Å². The first-order valence-electron chi connectivity index (χ1n) is 10.7. The Morgan fingerprint density at radius 3 is 2.50 bits per heavy atom. The van der Waals surface area contributed by atoms with Gasteiger partial charge in [0.15, 0.2) is 4.80 Å². The summed E-state index contributed by atoms with van der Waals surface area (Å²) in [5, 5.41) is 0. The Morgan fingerprint density at radius 2 is 1.88 bits per heavy atom. The van der Waals surface area contributed by atoms with Crippen LogP contribution in [0.1, 0.15) is 24.2 Å². The molecule has 0 spiro atoms. The van der Waals surface area contributed by atoms with Gasteiger partial charge in [-0.1, -0.05) is 23.3 Å². The van der Waals surface area contributed by atoms with Crippen LogP contribution in [0.3, 0.4) is 0 Å². The largest absolute Gasteiger partial charge is 0.495 e. The van der Waals surface area contributed by atoms with E-state index in [1.807, 2.05) is 32.0 Å². The van der Waals surface area contributed by atoms with Crippen LogP contribution in [0, 0.1) is 12.3 Å². The van der Waals surface area contributed by atoms with E-state index in [9.17, 15) is 13.2 Å². The summed E-state index contributed by atoms with van der Waals surface area (Å²) >= 11 is 1.33. The van der Waals surface area contributed by atoms with E-state index in [0.717, 1.165) is 10.2 Å². The van der Waals surface area contributed by atoms with Gasteiger partial charge in [-0.15, -0.1) is 6.42 Å². The Balaban J connectivity index is 1.66. The molecule has 1 aromatic heterocycles. The zero-order valence-electron chi connectivity index (χ0n) is 19.1. The molecule has 0 aliphatic carbocycles. The lowest BCUT2D eigenvalue weighted by atomic mass is 10.2. The van der Waals surface area contributed by atoms with Crippen LogP contribution in [-0.2, 0) is 21.3 Å². The number of hydrogen-bond acceptors (Lipinski definition) is 6. The second-order valence-electron chi connectivity index (χ2n) is 8.00. The number of aromatic nitrogens is 1. The van der Waals surface area contributed by atoms with Crippen LogP contribution in [0.4, 0.5) is 0 Å². The molecule has 0 saturated carbocycles. The molecule has 0 radical (unpaired) electrons. The quantitative estimate of drug-likeness (QED) is 0.504. The highest BCUT2D eigenvalue weighted by Gasteiger charge is 2.32. The molecule has 1 amide bonds. The Kier molecular flexibility index (Phi) is 6.91. The second-order valence-corrected chi connectivity index (χ2v) is 10.9. The fourth-order valence-corrected chi connectivity index (χ4v) is 6.62. The van der Waals surface area contributed by atoms with Crippen molar-refractivity contribution < 1.29 is 22.7 Å². The molecular weight excluding hydrogens is 474 g/mol. The molecule has 1 saturated heterocycles. The smallest absolute Gasteiger partial charge is 0.279 e. The molecule has 3 aromatic rings. The second kappa shape index (κ2) is 9.72. The summed E-state index contributed by atoms with van der Waals surface area (Å²) < 4.78 is 41.3. The molecule has 1 fully saturated rings. The van der Waals surface area contributed by atoms with Crippen LogP contribution in [0.25, 0.3) is 10.2 Å². The van der Waals surface area contributed by atoms with Gasteiger partial charge in [-0.25, -0.2) is 8.42 Å². The predicted molar refractivity (Wildman–Crippen MR) is 130 cm³/mol. The number of nitrogens with zero attached hydrogens (tertiary/aromatic N) is 3. The van der Waals surface area contributed by atoms with E-state index in [1.165, 1.54) is 39.9 Å². The topological polar surface area (TPSA) is 90.2 Å². The van der Waals surface area contributed by atoms with Crippen molar-refractivity contribution in [3.05, 3.63) is 52.8 Å². The number of carbonyl (C=O) groups excluding carboxylic acids is 1. The summed E-state index contributed by atoms with van der Waals surface area (Å²) in [6.45, 7) is 4.48. The molecule has 1 aliphatic rings. The van der Waals surface area contributed by atoms with Crippen LogP contribution < -0.4 is 9.54 Å². The van der Waals surface area contributed by atoms with Gasteiger partial charge in [0.1, 0.15) is 11.3 Å². The normalized spacial score (nSPS) is 19.8. The standard InChI is InChI=1S/C24H25N3O5S2/c1-5-13-27-22-20(31-4)7-6-8-21(22)33-24(27)25-23(28)18-9-11-19(12-10-18)34(29,30)26-14-16(2)32-17(3)15-26/h1,6-12,16-17H,13-15H2,2-4H3. The lowest BCUT2D eigenvalue weighted by molar-refractivity contribution is -0.0440. The van der Waals surface area contributed by atoms with Crippen molar-refractivity contribution in [1.82, 2.24) is 8.87 Å². The molecule has 34 heavy (non-hydrogen) atoms. The van der Waals surface area contributed by atoms with Crippen molar-refractivity contribution in [2.24, 2.45) is 4.99 Å². The molecule has 8 nitrogen and oxygen atoms in total. The number of fused-ring (bicyclic) bond motifs is 1. The Morgan fingerprint density at radius 1 is 1.21 bits per heavy atom. The minimum atomic E-state index is -3.69. The van der Waals surface area contributed by atoms with Gasteiger partial charge < -0.3 is 14.0 Å².